The molecule has 0 bridgehead atoms. The van der Waals surface area contributed by atoms with Crippen molar-refractivity contribution in [3.05, 3.63) is 60.2 Å². The summed E-state index contributed by atoms with van der Waals surface area (Å²) in [4.78, 5) is 25.1. The highest BCUT2D eigenvalue weighted by molar-refractivity contribution is 5.80. The summed E-state index contributed by atoms with van der Waals surface area (Å²) in [5, 5.41) is 11.8. The molecule has 8 heteroatoms. The lowest BCUT2D eigenvalue weighted by Gasteiger charge is -2.23. The predicted octanol–water partition coefficient (Wildman–Crippen LogP) is 4.17. The van der Waals surface area contributed by atoms with Crippen LogP contribution in [0, 0.1) is 11.3 Å². The van der Waals surface area contributed by atoms with Crippen molar-refractivity contribution in [2.75, 3.05) is 17.3 Å². The third-order valence-electron chi connectivity index (χ3n) is 4.46. The van der Waals surface area contributed by atoms with Crippen LogP contribution < -0.4 is 15.0 Å². The molecule has 1 amide bonds. The molecule has 0 spiro atoms. The molecule has 0 atom stereocenters. The van der Waals surface area contributed by atoms with E-state index < -0.39 is 0 Å². The quantitative estimate of drug-likeness (QED) is 0.617. The summed E-state index contributed by atoms with van der Waals surface area (Å²) in [6, 6.07) is 11.1. The number of amides is 1. The van der Waals surface area contributed by atoms with Gasteiger partial charge in [-0.3, -0.25) is 4.79 Å². The summed E-state index contributed by atoms with van der Waals surface area (Å²) < 4.78 is 6.01. The molecule has 0 unspecified atom stereocenters. The Morgan fingerprint density at radius 2 is 1.97 bits per heavy atom. The van der Waals surface area contributed by atoms with Gasteiger partial charge in [0.1, 0.15) is 17.8 Å². The Morgan fingerprint density at radius 1 is 1.17 bits per heavy atom. The van der Waals surface area contributed by atoms with Gasteiger partial charge in [-0.2, -0.15) is 5.26 Å². The number of anilines is 3. The molecular weight excluding hydrogens is 380 g/mol. The number of carbonyl (C=O) groups excluding carboxylic acids is 1. The maximum absolute atomic E-state index is 10.8. The Morgan fingerprint density at radius 3 is 2.60 bits per heavy atom. The van der Waals surface area contributed by atoms with Crippen LogP contribution in [0.3, 0.4) is 0 Å². The van der Waals surface area contributed by atoms with E-state index in [1.807, 2.05) is 19.2 Å². The summed E-state index contributed by atoms with van der Waals surface area (Å²) >= 11 is 0. The molecule has 0 saturated carbocycles. The second-order valence-corrected chi connectivity index (χ2v) is 7.61. The SMILES string of the molecule is CN(c1ccc(Oc2ccc(C#N)cc2C(C)(C)C)nc1)c1ncncc1NC=O. The van der Waals surface area contributed by atoms with Crippen LogP contribution in [0.5, 0.6) is 11.6 Å². The summed E-state index contributed by atoms with van der Waals surface area (Å²) in [6.07, 6.45) is 5.17. The molecule has 30 heavy (non-hydrogen) atoms. The van der Waals surface area contributed by atoms with Crippen LogP contribution in [-0.2, 0) is 10.2 Å². The van der Waals surface area contributed by atoms with Crippen molar-refractivity contribution in [2.24, 2.45) is 0 Å². The zero-order valence-corrected chi connectivity index (χ0v) is 17.2. The van der Waals surface area contributed by atoms with Crippen LogP contribution in [0.1, 0.15) is 31.9 Å². The van der Waals surface area contributed by atoms with E-state index >= 15 is 0 Å². The van der Waals surface area contributed by atoms with Crippen LogP contribution in [0.25, 0.3) is 0 Å². The molecular formula is C22H22N6O2. The zero-order valence-electron chi connectivity index (χ0n) is 17.2. The number of ether oxygens (including phenoxy) is 1. The number of aromatic nitrogens is 3. The smallest absolute Gasteiger partial charge is 0.219 e. The van der Waals surface area contributed by atoms with Gasteiger partial charge in [0.25, 0.3) is 0 Å². The first-order valence-electron chi connectivity index (χ1n) is 9.26. The summed E-state index contributed by atoms with van der Waals surface area (Å²) in [5.74, 6) is 1.62. The van der Waals surface area contributed by atoms with Crippen molar-refractivity contribution in [3.63, 3.8) is 0 Å². The van der Waals surface area contributed by atoms with Crippen molar-refractivity contribution in [3.8, 4) is 17.7 Å². The van der Waals surface area contributed by atoms with Crippen LogP contribution in [-0.4, -0.2) is 28.4 Å². The molecule has 1 aromatic carbocycles. The Balaban J connectivity index is 1.86. The lowest BCUT2D eigenvalue weighted by Crippen LogP contribution is -2.14. The summed E-state index contributed by atoms with van der Waals surface area (Å²) in [5.41, 5.74) is 2.56. The average molecular weight is 402 g/mol. The maximum Gasteiger partial charge on any atom is 0.219 e. The Labute approximate surface area is 175 Å². The van der Waals surface area contributed by atoms with Crippen molar-refractivity contribution in [1.29, 1.82) is 5.26 Å². The Kier molecular flexibility index (Phi) is 5.93. The van der Waals surface area contributed by atoms with Crippen molar-refractivity contribution >= 4 is 23.6 Å². The Bertz CT molecular complexity index is 1080. The third-order valence-corrected chi connectivity index (χ3v) is 4.46. The van der Waals surface area contributed by atoms with Crippen LogP contribution in [0.4, 0.5) is 17.2 Å². The monoisotopic (exact) mass is 402 g/mol. The van der Waals surface area contributed by atoms with Gasteiger partial charge in [-0.15, -0.1) is 0 Å². The molecule has 0 aliphatic heterocycles. The fourth-order valence-corrected chi connectivity index (χ4v) is 2.90. The summed E-state index contributed by atoms with van der Waals surface area (Å²) in [7, 11) is 1.81. The van der Waals surface area contributed by atoms with Gasteiger partial charge in [0.15, 0.2) is 5.82 Å². The minimum atomic E-state index is -0.197. The molecule has 3 rings (SSSR count). The maximum atomic E-state index is 10.8. The lowest BCUT2D eigenvalue weighted by atomic mass is 9.85. The third kappa shape index (κ3) is 4.52. The zero-order chi connectivity index (χ0) is 21.7. The van der Waals surface area contributed by atoms with Gasteiger partial charge < -0.3 is 15.0 Å². The molecule has 0 radical (unpaired) electrons. The molecule has 0 aliphatic carbocycles. The average Bonchev–Trinajstić information content (AvgIpc) is 2.74. The van der Waals surface area contributed by atoms with Crippen molar-refractivity contribution in [1.82, 2.24) is 15.0 Å². The van der Waals surface area contributed by atoms with E-state index in [1.54, 1.807) is 29.3 Å². The first-order valence-corrected chi connectivity index (χ1v) is 9.26. The van der Waals surface area contributed by atoms with Crippen molar-refractivity contribution < 1.29 is 9.53 Å². The second-order valence-electron chi connectivity index (χ2n) is 7.61. The number of hydrogen-bond acceptors (Lipinski definition) is 7. The molecule has 2 heterocycles. The van der Waals surface area contributed by atoms with Gasteiger partial charge in [0.05, 0.1) is 29.7 Å². The van der Waals surface area contributed by atoms with Crippen LogP contribution in [0.15, 0.2) is 49.1 Å². The molecule has 0 saturated heterocycles. The topological polar surface area (TPSA) is 104 Å². The van der Waals surface area contributed by atoms with E-state index in [2.05, 4.69) is 47.1 Å². The largest absolute Gasteiger partial charge is 0.439 e. The normalized spacial score (nSPS) is 10.8. The first kappa shape index (κ1) is 20.7. The van der Waals surface area contributed by atoms with Gasteiger partial charge in [0.2, 0.25) is 12.3 Å². The van der Waals surface area contributed by atoms with E-state index in [-0.39, 0.29) is 5.41 Å². The van der Waals surface area contributed by atoms with E-state index in [1.165, 1.54) is 12.5 Å². The summed E-state index contributed by atoms with van der Waals surface area (Å²) in [6.45, 7) is 6.19. The highest BCUT2D eigenvalue weighted by Crippen LogP contribution is 2.35. The highest BCUT2D eigenvalue weighted by Gasteiger charge is 2.20. The second kappa shape index (κ2) is 8.57. The minimum Gasteiger partial charge on any atom is -0.439 e. The molecule has 3 aromatic rings. The standard InChI is InChI=1S/C22H22N6O2/c1-22(2,3)17-9-15(10-23)5-7-19(17)30-20-8-6-16(11-25-20)28(4)21-18(27-14-29)12-24-13-26-21/h5-9,11-14H,1-4H3,(H,27,29). The lowest BCUT2D eigenvalue weighted by molar-refractivity contribution is -0.105. The fraction of sp³-hybridized carbons (Fsp3) is 0.227. The number of nitrogens with one attached hydrogen (secondary N) is 1. The molecule has 2 aromatic heterocycles. The number of nitrogens with zero attached hydrogens (tertiary/aromatic N) is 5. The minimum absolute atomic E-state index is 0.197. The molecule has 0 fully saturated rings. The highest BCUT2D eigenvalue weighted by atomic mass is 16.5. The Hall–Kier alpha value is -3.99. The molecule has 8 nitrogen and oxygen atoms in total. The first-order chi connectivity index (χ1) is 14.3. The number of nitriles is 1. The number of rotatable bonds is 6. The van der Waals surface area contributed by atoms with Crippen LogP contribution in [0.2, 0.25) is 0 Å². The van der Waals surface area contributed by atoms with E-state index in [9.17, 15) is 10.1 Å². The van der Waals surface area contributed by atoms with Crippen molar-refractivity contribution in [2.45, 2.75) is 26.2 Å². The van der Waals surface area contributed by atoms with Gasteiger partial charge >= 0.3 is 0 Å². The molecule has 152 valence electrons. The van der Waals surface area contributed by atoms with Gasteiger partial charge in [-0.05, 0) is 29.7 Å². The fourth-order valence-electron chi connectivity index (χ4n) is 2.90. The van der Waals surface area contributed by atoms with Gasteiger partial charge in [-0.25, -0.2) is 15.0 Å². The molecule has 1 N–H and O–H groups in total. The van der Waals surface area contributed by atoms with Gasteiger partial charge in [-0.1, -0.05) is 20.8 Å². The van der Waals surface area contributed by atoms with E-state index in [0.717, 1.165) is 11.3 Å². The van der Waals surface area contributed by atoms with E-state index in [0.29, 0.717) is 35.1 Å². The van der Waals surface area contributed by atoms with Gasteiger partial charge in [0, 0.05) is 18.7 Å². The van der Waals surface area contributed by atoms with Crippen LogP contribution >= 0.6 is 0 Å². The molecule has 0 aliphatic rings. The predicted molar refractivity (Wildman–Crippen MR) is 114 cm³/mol. The number of benzene rings is 1. The number of hydrogen-bond donors (Lipinski definition) is 1. The van der Waals surface area contributed by atoms with E-state index in [4.69, 9.17) is 4.74 Å². The number of carbonyl (C=O) groups is 1. The number of pyridine rings is 1.